The Morgan fingerprint density at radius 3 is 2.29 bits per heavy atom. The molecule has 0 N–H and O–H groups in total. The molecule has 0 saturated carbocycles. The molecule has 1 saturated heterocycles. The number of amides is 2. The average molecular weight is 330 g/mol. The minimum atomic E-state index is 0.0795. The molecular formula is C20H30N2O2. The van der Waals surface area contributed by atoms with Gasteiger partial charge < -0.3 is 9.80 Å². The van der Waals surface area contributed by atoms with Gasteiger partial charge in [0.1, 0.15) is 0 Å². The largest absolute Gasteiger partial charge is 0.341 e. The second kappa shape index (κ2) is 7.37. The number of carbonyl (C=O) groups excluding carboxylic acids is 2. The van der Waals surface area contributed by atoms with E-state index in [1.54, 1.807) is 6.92 Å². The van der Waals surface area contributed by atoms with Crippen LogP contribution in [0.1, 0.15) is 50.8 Å². The second-order valence-electron chi connectivity index (χ2n) is 7.81. The fraction of sp³-hybridized carbons (Fsp3) is 0.600. The van der Waals surface area contributed by atoms with Crippen LogP contribution in [-0.2, 0) is 21.4 Å². The quantitative estimate of drug-likeness (QED) is 0.836. The van der Waals surface area contributed by atoms with Gasteiger partial charge in [0.25, 0.3) is 0 Å². The molecule has 1 fully saturated rings. The van der Waals surface area contributed by atoms with Crippen LogP contribution in [0.2, 0.25) is 0 Å². The van der Waals surface area contributed by atoms with Crippen molar-refractivity contribution in [1.82, 2.24) is 9.80 Å². The summed E-state index contributed by atoms with van der Waals surface area (Å²) in [5.74, 6) is 0.257. The highest BCUT2D eigenvalue weighted by molar-refractivity contribution is 5.79. The van der Waals surface area contributed by atoms with Crippen molar-refractivity contribution in [2.24, 2.45) is 0 Å². The molecule has 0 spiro atoms. The van der Waals surface area contributed by atoms with E-state index in [1.165, 1.54) is 5.56 Å². The Hall–Kier alpha value is -1.84. The van der Waals surface area contributed by atoms with Crippen molar-refractivity contribution >= 4 is 11.8 Å². The number of aryl methyl sites for hydroxylation is 1. The highest BCUT2D eigenvalue weighted by Gasteiger charge is 2.21. The number of hydrogen-bond acceptors (Lipinski definition) is 2. The first-order valence-electron chi connectivity index (χ1n) is 8.82. The zero-order valence-corrected chi connectivity index (χ0v) is 15.7. The van der Waals surface area contributed by atoms with E-state index in [0.717, 1.165) is 30.6 Å². The lowest BCUT2D eigenvalue weighted by Crippen LogP contribution is -2.37. The maximum absolute atomic E-state index is 12.7. The Labute approximate surface area is 145 Å². The number of rotatable bonds is 2. The summed E-state index contributed by atoms with van der Waals surface area (Å²) < 4.78 is 0. The van der Waals surface area contributed by atoms with Gasteiger partial charge in [0.15, 0.2) is 0 Å². The topological polar surface area (TPSA) is 40.6 Å². The fourth-order valence-electron chi connectivity index (χ4n) is 3.08. The molecule has 0 aliphatic carbocycles. The van der Waals surface area contributed by atoms with Crippen LogP contribution < -0.4 is 0 Å². The Balaban J connectivity index is 2.08. The summed E-state index contributed by atoms with van der Waals surface area (Å²) in [6.07, 6.45) is 1.29. The van der Waals surface area contributed by atoms with Gasteiger partial charge in [-0.25, -0.2) is 0 Å². The van der Waals surface area contributed by atoms with Crippen LogP contribution in [0.5, 0.6) is 0 Å². The molecule has 0 unspecified atom stereocenters. The van der Waals surface area contributed by atoms with Crippen LogP contribution in [0.25, 0.3) is 0 Å². The molecule has 2 rings (SSSR count). The van der Waals surface area contributed by atoms with Crippen molar-refractivity contribution in [3.8, 4) is 0 Å². The third-order valence-electron chi connectivity index (χ3n) is 4.85. The summed E-state index contributed by atoms with van der Waals surface area (Å²) in [5.41, 5.74) is 3.61. The van der Waals surface area contributed by atoms with E-state index in [-0.39, 0.29) is 17.2 Å². The minimum Gasteiger partial charge on any atom is -0.341 e. The molecule has 1 aromatic rings. The highest BCUT2D eigenvalue weighted by atomic mass is 16.2. The molecule has 132 valence electrons. The predicted molar refractivity (Wildman–Crippen MR) is 97.0 cm³/mol. The van der Waals surface area contributed by atoms with Crippen molar-refractivity contribution in [1.29, 1.82) is 0 Å². The molecule has 1 heterocycles. The molecule has 0 atom stereocenters. The summed E-state index contributed by atoms with van der Waals surface area (Å²) in [5, 5.41) is 0. The maximum atomic E-state index is 12.7. The number of nitrogens with zero attached hydrogens (tertiary/aromatic N) is 2. The fourth-order valence-corrected chi connectivity index (χ4v) is 3.08. The van der Waals surface area contributed by atoms with Gasteiger partial charge in [-0.2, -0.15) is 0 Å². The van der Waals surface area contributed by atoms with E-state index in [2.05, 4.69) is 45.9 Å². The van der Waals surface area contributed by atoms with Gasteiger partial charge in [-0.1, -0.05) is 39.0 Å². The molecule has 0 aromatic heterocycles. The lowest BCUT2D eigenvalue weighted by atomic mass is 9.85. The van der Waals surface area contributed by atoms with Gasteiger partial charge in [-0.05, 0) is 35.4 Å². The summed E-state index contributed by atoms with van der Waals surface area (Å²) in [6, 6.07) is 6.44. The maximum Gasteiger partial charge on any atom is 0.227 e. The lowest BCUT2D eigenvalue weighted by molar-refractivity contribution is -0.132. The molecule has 0 bridgehead atoms. The van der Waals surface area contributed by atoms with Crippen molar-refractivity contribution in [2.75, 3.05) is 26.2 Å². The third-order valence-corrected chi connectivity index (χ3v) is 4.85. The lowest BCUT2D eigenvalue weighted by Gasteiger charge is -2.23. The Morgan fingerprint density at radius 1 is 1.04 bits per heavy atom. The summed E-state index contributed by atoms with van der Waals surface area (Å²) in [7, 11) is 0. The Kier molecular flexibility index (Phi) is 5.68. The number of hydrogen-bond donors (Lipinski definition) is 0. The van der Waals surface area contributed by atoms with E-state index < -0.39 is 0 Å². The van der Waals surface area contributed by atoms with Crippen LogP contribution in [0.4, 0.5) is 0 Å². The van der Waals surface area contributed by atoms with E-state index in [4.69, 9.17) is 0 Å². The minimum absolute atomic E-state index is 0.0795. The molecule has 1 aliphatic heterocycles. The van der Waals surface area contributed by atoms with Gasteiger partial charge in [0, 0.05) is 33.1 Å². The summed E-state index contributed by atoms with van der Waals surface area (Å²) in [6.45, 7) is 13.0. The second-order valence-corrected chi connectivity index (χ2v) is 7.81. The normalized spacial score (nSPS) is 16.0. The zero-order chi connectivity index (χ0) is 17.9. The first-order chi connectivity index (χ1) is 11.2. The van der Waals surface area contributed by atoms with Gasteiger partial charge in [-0.3, -0.25) is 9.59 Å². The molecule has 1 aromatic carbocycles. The van der Waals surface area contributed by atoms with Crippen LogP contribution >= 0.6 is 0 Å². The number of carbonyl (C=O) groups is 2. The standard InChI is InChI=1S/C20H30N2O2/c1-15-7-8-18(20(3,4)5)13-17(15)14-19(24)22-10-6-9-21(11-12-22)16(2)23/h7-8,13H,6,9-12,14H2,1-5H3. The molecule has 2 amide bonds. The number of benzene rings is 1. The zero-order valence-electron chi connectivity index (χ0n) is 15.7. The van der Waals surface area contributed by atoms with Gasteiger partial charge in [0.05, 0.1) is 6.42 Å². The van der Waals surface area contributed by atoms with Crippen molar-refractivity contribution in [3.05, 3.63) is 34.9 Å². The van der Waals surface area contributed by atoms with Gasteiger partial charge in [0.2, 0.25) is 11.8 Å². The van der Waals surface area contributed by atoms with Gasteiger partial charge in [-0.15, -0.1) is 0 Å². The van der Waals surface area contributed by atoms with Gasteiger partial charge >= 0.3 is 0 Å². The molecule has 4 heteroatoms. The van der Waals surface area contributed by atoms with Crippen LogP contribution in [0.3, 0.4) is 0 Å². The smallest absolute Gasteiger partial charge is 0.227 e. The van der Waals surface area contributed by atoms with Crippen molar-refractivity contribution in [2.45, 2.75) is 52.9 Å². The van der Waals surface area contributed by atoms with E-state index in [1.807, 2.05) is 9.80 Å². The van der Waals surface area contributed by atoms with Crippen LogP contribution in [-0.4, -0.2) is 47.8 Å². The van der Waals surface area contributed by atoms with E-state index in [0.29, 0.717) is 19.5 Å². The SMILES string of the molecule is CC(=O)N1CCCN(C(=O)Cc2cc(C(C)(C)C)ccc2C)CC1. The molecule has 4 nitrogen and oxygen atoms in total. The molecule has 1 aliphatic rings. The van der Waals surface area contributed by atoms with Crippen molar-refractivity contribution < 1.29 is 9.59 Å². The van der Waals surface area contributed by atoms with Crippen LogP contribution in [0, 0.1) is 6.92 Å². The first-order valence-corrected chi connectivity index (χ1v) is 8.82. The van der Waals surface area contributed by atoms with Crippen LogP contribution in [0.15, 0.2) is 18.2 Å². The molecule has 24 heavy (non-hydrogen) atoms. The first kappa shape index (κ1) is 18.5. The Morgan fingerprint density at radius 2 is 1.67 bits per heavy atom. The Bertz CT molecular complexity index is 617. The van der Waals surface area contributed by atoms with E-state index in [9.17, 15) is 9.59 Å². The third kappa shape index (κ3) is 4.59. The monoisotopic (exact) mass is 330 g/mol. The summed E-state index contributed by atoms with van der Waals surface area (Å²) in [4.78, 5) is 28.0. The highest BCUT2D eigenvalue weighted by Crippen LogP contribution is 2.25. The molecule has 0 radical (unpaired) electrons. The van der Waals surface area contributed by atoms with E-state index >= 15 is 0 Å². The predicted octanol–water partition coefficient (Wildman–Crippen LogP) is 2.92. The average Bonchev–Trinajstić information content (AvgIpc) is 2.74. The summed E-state index contributed by atoms with van der Waals surface area (Å²) >= 11 is 0. The molecular weight excluding hydrogens is 300 g/mol. The van der Waals surface area contributed by atoms with Crippen molar-refractivity contribution in [3.63, 3.8) is 0 Å².